The van der Waals surface area contributed by atoms with E-state index in [0.717, 1.165) is 23.6 Å². The lowest BCUT2D eigenvalue weighted by Crippen LogP contribution is -2.18. The number of hydrogen-bond acceptors (Lipinski definition) is 3. The maximum atomic E-state index is 5.46. The molecule has 0 saturated carbocycles. The number of ether oxygens (including phenoxy) is 2. The fourth-order valence-corrected chi connectivity index (χ4v) is 2.38. The molecular formula is C18H23NO2. The van der Waals surface area contributed by atoms with Crippen molar-refractivity contribution in [3.63, 3.8) is 0 Å². The molecule has 0 aliphatic carbocycles. The van der Waals surface area contributed by atoms with E-state index in [0.29, 0.717) is 0 Å². The van der Waals surface area contributed by atoms with Gasteiger partial charge >= 0.3 is 0 Å². The van der Waals surface area contributed by atoms with E-state index in [4.69, 9.17) is 9.47 Å². The summed E-state index contributed by atoms with van der Waals surface area (Å²) in [4.78, 5) is 0. The van der Waals surface area contributed by atoms with Crippen molar-refractivity contribution in [2.45, 2.75) is 26.4 Å². The van der Waals surface area contributed by atoms with E-state index >= 15 is 0 Å². The molecule has 21 heavy (non-hydrogen) atoms. The van der Waals surface area contributed by atoms with Crippen LogP contribution in [0.25, 0.3) is 0 Å². The summed E-state index contributed by atoms with van der Waals surface area (Å²) in [6, 6.07) is 14.7. The second-order valence-corrected chi connectivity index (χ2v) is 5.20. The maximum Gasteiger partial charge on any atom is 0.127 e. The molecule has 0 saturated heterocycles. The van der Waals surface area contributed by atoms with Crippen molar-refractivity contribution in [2.24, 2.45) is 0 Å². The Kier molecular flexibility index (Phi) is 5.23. The molecular weight excluding hydrogens is 262 g/mol. The molecule has 3 heteroatoms. The first-order valence-electron chi connectivity index (χ1n) is 7.15. The van der Waals surface area contributed by atoms with E-state index in [2.05, 4.69) is 43.4 Å². The summed E-state index contributed by atoms with van der Waals surface area (Å²) in [6.45, 7) is 5.08. The van der Waals surface area contributed by atoms with Crippen molar-refractivity contribution in [1.29, 1.82) is 0 Å². The van der Waals surface area contributed by atoms with Crippen LogP contribution in [0.1, 0.15) is 29.7 Å². The summed E-state index contributed by atoms with van der Waals surface area (Å²) in [7, 11) is 3.35. The lowest BCUT2D eigenvalue weighted by molar-refractivity contribution is 0.386. The standard InChI is InChI=1S/C18H23NO2/c1-13-6-5-7-15(10-13)12-19-14(2)17-9-8-16(20-3)11-18(17)21-4/h5-11,14,19H,12H2,1-4H3. The van der Waals surface area contributed by atoms with Crippen molar-refractivity contribution in [3.8, 4) is 11.5 Å². The van der Waals surface area contributed by atoms with Gasteiger partial charge < -0.3 is 14.8 Å². The topological polar surface area (TPSA) is 30.5 Å². The molecule has 3 nitrogen and oxygen atoms in total. The van der Waals surface area contributed by atoms with Crippen molar-refractivity contribution in [2.75, 3.05) is 14.2 Å². The van der Waals surface area contributed by atoms with Crippen LogP contribution in [0.3, 0.4) is 0 Å². The molecule has 0 bridgehead atoms. The van der Waals surface area contributed by atoms with Gasteiger partial charge in [0.05, 0.1) is 14.2 Å². The molecule has 0 aliphatic rings. The molecule has 1 atom stereocenters. The minimum Gasteiger partial charge on any atom is -0.497 e. The first kappa shape index (κ1) is 15.4. The van der Waals surface area contributed by atoms with Gasteiger partial charge in [-0.05, 0) is 25.5 Å². The van der Waals surface area contributed by atoms with Crippen molar-refractivity contribution >= 4 is 0 Å². The van der Waals surface area contributed by atoms with Crippen LogP contribution in [-0.2, 0) is 6.54 Å². The van der Waals surface area contributed by atoms with Gasteiger partial charge in [0.25, 0.3) is 0 Å². The zero-order chi connectivity index (χ0) is 15.2. The van der Waals surface area contributed by atoms with Crippen LogP contribution in [0.15, 0.2) is 42.5 Å². The molecule has 112 valence electrons. The van der Waals surface area contributed by atoms with Gasteiger partial charge in [-0.25, -0.2) is 0 Å². The van der Waals surface area contributed by atoms with Gasteiger partial charge in [-0.2, -0.15) is 0 Å². The highest BCUT2D eigenvalue weighted by Crippen LogP contribution is 2.29. The SMILES string of the molecule is COc1ccc(C(C)NCc2cccc(C)c2)c(OC)c1. The Morgan fingerprint density at radius 3 is 2.52 bits per heavy atom. The van der Waals surface area contributed by atoms with Gasteiger partial charge in [0.15, 0.2) is 0 Å². The summed E-state index contributed by atoms with van der Waals surface area (Å²) in [5, 5.41) is 3.53. The summed E-state index contributed by atoms with van der Waals surface area (Å²) in [6.07, 6.45) is 0. The van der Waals surface area contributed by atoms with E-state index in [1.165, 1.54) is 11.1 Å². The van der Waals surface area contributed by atoms with Gasteiger partial charge in [0, 0.05) is 24.2 Å². The Bertz CT molecular complexity index is 596. The lowest BCUT2D eigenvalue weighted by atomic mass is 10.1. The van der Waals surface area contributed by atoms with Crippen molar-refractivity contribution < 1.29 is 9.47 Å². The molecule has 2 aromatic rings. The lowest BCUT2D eigenvalue weighted by Gasteiger charge is -2.18. The van der Waals surface area contributed by atoms with Crippen LogP contribution in [0, 0.1) is 6.92 Å². The van der Waals surface area contributed by atoms with Crippen LogP contribution < -0.4 is 14.8 Å². The van der Waals surface area contributed by atoms with Gasteiger partial charge in [-0.15, -0.1) is 0 Å². The molecule has 0 spiro atoms. The predicted octanol–water partition coefficient (Wildman–Crippen LogP) is 3.86. The molecule has 1 N–H and O–H groups in total. The number of aryl methyl sites for hydroxylation is 1. The Morgan fingerprint density at radius 2 is 1.86 bits per heavy atom. The van der Waals surface area contributed by atoms with E-state index in [1.54, 1.807) is 14.2 Å². The zero-order valence-electron chi connectivity index (χ0n) is 13.1. The van der Waals surface area contributed by atoms with Gasteiger partial charge in [-0.3, -0.25) is 0 Å². The van der Waals surface area contributed by atoms with E-state index in [1.807, 2.05) is 18.2 Å². The van der Waals surface area contributed by atoms with Gasteiger partial charge in [-0.1, -0.05) is 35.9 Å². The Morgan fingerprint density at radius 1 is 1.05 bits per heavy atom. The molecule has 2 rings (SSSR count). The third-order valence-electron chi connectivity index (χ3n) is 3.60. The minimum absolute atomic E-state index is 0.200. The van der Waals surface area contributed by atoms with Crippen LogP contribution in [0.4, 0.5) is 0 Å². The van der Waals surface area contributed by atoms with E-state index in [9.17, 15) is 0 Å². The molecule has 1 unspecified atom stereocenters. The molecule has 0 aromatic heterocycles. The second-order valence-electron chi connectivity index (χ2n) is 5.20. The minimum atomic E-state index is 0.200. The van der Waals surface area contributed by atoms with Crippen LogP contribution >= 0.6 is 0 Å². The summed E-state index contributed by atoms with van der Waals surface area (Å²) < 4.78 is 10.7. The third-order valence-corrected chi connectivity index (χ3v) is 3.60. The molecule has 0 amide bonds. The second kappa shape index (κ2) is 7.14. The predicted molar refractivity (Wildman–Crippen MR) is 86.0 cm³/mol. The first-order valence-corrected chi connectivity index (χ1v) is 7.15. The van der Waals surface area contributed by atoms with Crippen molar-refractivity contribution in [1.82, 2.24) is 5.32 Å². The largest absolute Gasteiger partial charge is 0.497 e. The molecule has 0 heterocycles. The van der Waals surface area contributed by atoms with Crippen LogP contribution in [-0.4, -0.2) is 14.2 Å². The molecule has 0 aliphatic heterocycles. The van der Waals surface area contributed by atoms with Gasteiger partial charge in [0.2, 0.25) is 0 Å². The molecule has 2 aromatic carbocycles. The van der Waals surface area contributed by atoms with Crippen molar-refractivity contribution in [3.05, 3.63) is 59.2 Å². The number of benzene rings is 2. The average molecular weight is 285 g/mol. The monoisotopic (exact) mass is 285 g/mol. The highest BCUT2D eigenvalue weighted by Gasteiger charge is 2.12. The highest BCUT2D eigenvalue weighted by molar-refractivity contribution is 5.42. The highest BCUT2D eigenvalue weighted by atomic mass is 16.5. The Balaban J connectivity index is 2.07. The Hall–Kier alpha value is -2.00. The maximum absolute atomic E-state index is 5.46. The third kappa shape index (κ3) is 3.99. The summed E-state index contributed by atoms with van der Waals surface area (Å²) in [5.74, 6) is 1.65. The quantitative estimate of drug-likeness (QED) is 0.874. The molecule has 0 fully saturated rings. The van der Waals surface area contributed by atoms with Gasteiger partial charge in [0.1, 0.15) is 11.5 Å². The number of methoxy groups -OCH3 is 2. The fraction of sp³-hybridized carbons (Fsp3) is 0.333. The van der Waals surface area contributed by atoms with E-state index < -0.39 is 0 Å². The fourth-order valence-electron chi connectivity index (χ4n) is 2.38. The number of hydrogen-bond donors (Lipinski definition) is 1. The normalized spacial score (nSPS) is 12.0. The number of nitrogens with one attached hydrogen (secondary N) is 1. The first-order chi connectivity index (χ1) is 10.1. The molecule has 0 radical (unpaired) electrons. The van der Waals surface area contributed by atoms with E-state index in [-0.39, 0.29) is 6.04 Å². The Labute approximate surface area is 126 Å². The zero-order valence-corrected chi connectivity index (χ0v) is 13.1. The summed E-state index contributed by atoms with van der Waals surface area (Å²) in [5.41, 5.74) is 3.70. The summed E-state index contributed by atoms with van der Waals surface area (Å²) >= 11 is 0. The smallest absolute Gasteiger partial charge is 0.127 e. The van der Waals surface area contributed by atoms with Crippen LogP contribution in [0.2, 0.25) is 0 Å². The van der Waals surface area contributed by atoms with Crippen LogP contribution in [0.5, 0.6) is 11.5 Å². The average Bonchev–Trinajstić information content (AvgIpc) is 2.52. The number of rotatable bonds is 6.